The zero-order chi connectivity index (χ0) is 39.1. The number of rotatable bonds is 37. The van der Waals surface area contributed by atoms with E-state index < -0.39 is 51.8 Å². The first-order valence-corrected chi connectivity index (χ1v) is 21.8. The van der Waals surface area contributed by atoms with Crippen LogP contribution in [0.25, 0.3) is 0 Å². The molecule has 0 aliphatic rings. The van der Waals surface area contributed by atoms with Crippen molar-refractivity contribution in [2.45, 2.75) is 167 Å². The van der Waals surface area contributed by atoms with E-state index >= 15 is 0 Å². The number of aliphatic hydroxyl groups is 2. The first-order valence-electron chi connectivity index (χ1n) is 20.3. The van der Waals surface area contributed by atoms with Crippen LogP contribution in [0.5, 0.6) is 0 Å². The van der Waals surface area contributed by atoms with Crippen molar-refractivity contribution in [1.29, 1.82) is 0 Å². The SMILES string of the molecule is CCCCC/C=C/C/C=C/C/C=C/CCCCC(=O)OC[C@H](COP(=O)(O)OC[C@@H](O)CO)OC(=O)CCCCCCC/C=C/C=C/CCCCCC. The van der Waals surface area contributed by atoms with E-state index in [1.807, 2.05) is 0 Å². The summed E-state index contributed by atoms with van der Waals surface area (Å²) in [4.78, 5) is 34.9. The standard InChI is InChI=1S/C42H73O10P/c1-3-5-7-9-11-13-15-17-19-21-23-25-27-29-31-33-41(45)49-37-40(38-51-53(47,48)50-36-39(44)35-43)52-42(46)34-32-30-28-26-24-22-20-18-16-14-12-10-8-6-4-2/h11,13-14,16-20,23,25,39-40,43-44H,3-10,12,15,21-22,24,26-38H2,1-2H3,(H,47,48)/b13-11+,16-14+,19-17+,20-18+,25-23+/t39-,40+/m0/s1. The highest BCUT2D eigenvalue weighted by molar-refractivity contribution is 7.47. The molecule has 0 bridgehead atoms. The Hall–Kier alpha value is -2.33. The summed E-state index contributed by atoms with van der Waals surface area (Å²) in [5, 5.41) is 18.3. The molecule has 0 aromatic rings. The van der Waals surface area contributed by atoms with Gasteiger partial charge in [-0.05, 0) is 77.0 Å². The van der Waals surface area contributed by atoms with E-state index in [0.717, 1.165) is 70.6 Å². The first kappa shape index (κ1) is 50.7. The number of unbranched alkanes of at least 4 members (excludes halogenated alkanes) is 14. The summed E-state index contributed by atoms with van der Waals surface area (Å²) in [5.41, 5.74) is 0. The smallest absolute Gasteiger partial charge is 0.462 e. The molecule has 0 radical (unpaired) electrons. The maximum atomic E-state index is 12.6. The van der Waals surface area contributed by atoms with Crippen LogP contribution in [0.2, 0.25) is 0 Å². The number of carbonyl (C=O) groups is 2. The van der Waals surface area contributed by atoms with Gasteiger partial charge in [0.25, 0.3) is 0 Å². The van der Waals surface area contributed by atoms with Gasteiger partial charge in [-0.3, -0.25) is 18.6 Å². The fraction of sp³-hybridized carbons (Fsp3) is 0.714. The number of allylic oxidation sites excluding steroid dienone is 10. The molecule has 306 valence electrons. The molecule has 3 N–H and O–H groups in total. The number of aliphatic hydroxyl groups excluding tert-OH is 2. The van der Waals surface area contributed by atoms with Crippen LogP contribution in [0.15, 0.2) is 60.8 Å². The Balaban J connectivity index is 4.45. The van der Waals surface area contributed by atoms with Gasteiger partial charge in [0.05, 0.1) is 19.8 Å². The predicted octanol–water partition coefficient (Wildman–Crippen LogP) is 10.3. The summed E-state index contributed by atoms with van der Waals surface area (Å²) in [5.74, 6) is -0.993. The van der Waals surface area contributed by atoms with Gasteiger partial charge in [0.2, 0.25) is 0 Å². The van der Waals surface area contributed by atoms with E-state index in [-0.39, 0.29) is 19.4 Å². The van der Waals surface area contributed by atoms with E-state index in [2.05, 4.69) is 79.1 Å². The van der Waals surface area contributed by atoms with Crippen LogP contribution in [0.3, 0.4) is 0 Å². The molecule has 0 aliphatic heterocycles. The minimum atomic E-state index is -4.63. The Labute approximate surface area is 321 Å². The zero-order valence-electron chi connectivity index (χ0n) is 33.0. The lowest BCUT2D eigenvalue weighted by atomic mass is 10.1. The first-order chi connectivity index (χ1) is 25.7. The molecular formula is C42H73O10P. The van der Waals surface area contributed by atoms with Crippen LogP contribution in [-0.2, 0) is 32.7 Å². The summed E-state index contributed by atoms with van der Waals surface area (Å²) in [6, 6.07) is 0. The highest BCUT2D eigenvalue weighted by Gasteiger charge is 2.27. The number of hydrogen-bond acceptors (Lipinski definition) is 9. The van der Waals surface area contributed by atoms with Crippen molar-refractivity contribution in [1.82, 2.24) is 0 Å². The normalized spacial score (nSPS) is 14.6. The molecule has 0 heterocycles. The van der Waals surface area contributed by atoms with Crippen LogP contribution >= 0.6 is 7.82 Å². The summed E-state index contributed by atoms with van der Waals surface area (Å²) >= 11 is 0. The van der Waals surface area contributed by atoms with E-state index in [0.29, 0.717) is 12.8 Å². The van der Waals surface area contributed by atoms with Gasteiger partial charge in [-0.25, -0.2) is 4.57 Å². The van der Waals surface area contributed by atoms with Gasteiger partial charge in [0.1, 0.15) is 12.7 Å². The van der Waals surface area contributed by atoms with Gasteiger partial charge in [0.15, 0.2) is 6.10 Å². The van der Waals surface area contributed by atoms with Crippen molar-refractivity contribution in [3.63, 3.8) is 0 Å². The van der Waals surface area contributed by atoms with E-state index in [9.17, 15) is 24.2 Å². The minimum absolute atomic E-state index is 0.156. The third-order valence-electron chi connectivity index (χ3n) is 8.17. The summed E-state index contributed by atoms with van der Waals surface area (Å²) in [6.45, 7) is 2.25. The second-order valence-electron chi connectivity index (χ2n) is 13.3. The molecular weight excluding hydrogens is 695 g/mol. The Morgan fingerprint density at radius 2 is 1.04 bits per heavy atom. The number of hydrogen-bond donors (Lipinski definition) is 3. The van der Waals surface area contributed by atoms with Gasteiger partial charge < -0.3 is 24.6 Å². The molecule has 1 unspecified atom stereocenters. The third-order valence-corrected chi connectivity index (χ3v) is 9.12. The van der Waals surface area contributed by atoms with Crippen molar-refractivity contribution in [3.8, 4) is 0 Å². The number of carbonyl (C=O) groups excluding carboxylic acids is 2. The second kappa shape index (κ2) is 38.0. The van der Waals surface area contributed by atoms with Crippen molar-refractivity contribution in [3.05, 3.63) is 60.8 Å². The van der Waals surface area contributed by atoms with Crippen molar-refractivity contribution in [2.24, 2.45) is 0 Å². The van der Waals surface area contributed by atoms with Crippen LogP contribution in [0.4, 0.5) is 0 Å². The maximum Gasteiger partial charge on any atom is 0.472 e. The number of esters is 2. The van der Waals surface area contributed by atoms with Crippen LogP contribution < -0.4 is 0 Å². The lowest BCUT2D eigenvalue weighted by Crippen LogP contribution is -2.29. The van der Waals surface area contributed by atoms with Crippen molar-refractivity contribution in [2.75, 3.05) is 26.4 Å². The molecule has 53 heavy (non-hydrogen) atoms. The fourth-order valence-electron chi connectivity index (χ4n) is 4.99. The van der Waals surface area contributed by atoms with Crippen molar-refractivity contribution >= 4 is 19.8 Å². The molecule has 0 aliphatic carbocycles. The van der Waals surface area contributed by atoms with Crippen molar-refractivity contribution < 1.29 is 47.8 Å². The molecule has 0 spiro atoms. The molecule has 0 aromatic heterocycles. The minimum Gasteiger partial charge on any atom is -0.462 e. The van der Waals surface area contributed by atoms with Gasteiger partial charge in [-0.15, -0.1) is 0 Å². The second-order valence-corrected chi connectivity index (χ2v) is 14.8. The molecule has 3 atom stereocenters. The average Bonchev–Trinajstić information content (AvgIpc) is 3.14. The molecule has 0 saturated carbocycles. The number of ether oxygens (including phenoxy) is 2. The topological polar surface area (TPSA) is 149 Å². The lowest BCUT2D eigenvalue weighted by molar-refractivity contribution is -0.161. The largest absolute Gasteiger partial charge is 0.472 e. The monoisotopic (exact) mass is 768 g/mol. The van der Waals surface area contributed by atoms with Gasteiger partial charge in [-0.2, -0.15) is 0 Å². The molecule has 0 amide bonds. The van der Waals surface area contributed by atoms with Crippen LogP contribution in [0.1, 0.15) is 155 Å². The highest BCUT2D eigenvalue weighted by Crippen LogP contribution is 2.43. The van der Waals surface area contributed by atoms with Gasteiger partial charge in [0, 0.05) is 12.8 Å². The Bertz CT molecular complexity index is 1070. The average molecular weight is 769 g/mol. The van der Waals surface area contributed by atoms with Crippen LogP contribution in [-0.4, -0.2) is 65.7 Å². The summed E-state index contributed by atoms with van der Waals surface area (Å²) in [6.07, 6.45) is 40.4. The number of phosphoric ester groups is 1. The fourth-order valence-corrected chi connectivity index (χ4v) is 5.78. The summed E-state index contributed by atoms with van der Waals surface area (Å²) in [7, 11) is -4.63. The molecule has 0 fully saturated rings. The Morgan fingerprint density at radius 1 is 0.585 bits per heavy atom. The molecule has 11 heteroatoms. The quantitative estimate of drug-likeness (QED) is 0.0183. The Kier molecular flexibility index (Phi) is 36.3. The third kappa shape index (κ3) is 37.8. The van der Waals surface area contributed by atoms with Gasteiger partial charge in [-0.1, -0.05) is 126 Å². The molecule has 0 aromatic carbocycles. The molecule has 10 nitrogen and oxygen atoms in total. The summed E-state index contributed by atoms with van der Waals surface area (Å²) < 4.78 is 32.6. The van der Waals surface area contributed by atoms with Crippen LogP contribution in [0, 0.1) is 0 Å². The van der Waals surface area contributed by atoms with E-state index in [1.54, 1.807) is 0 Å². The number of phosphoric acid groups is 1. The van der Waals surface area contributed by atoms with E-state index in [1.165, 1.54) is 44.9 Å². The maximum absolute atomic E-state index is 12.6. The molecule has 0 rings (SSSR count). The van der Waals surface area contributed by atoms with Gasteiger partial charge >= 0.3 is 19.8 Å². The van der Waals surface area contributed by atoms with E-state index in [4.69, 9.17) is 19.1 Å². The zero-order valence-corrected chi connectivity index (χ0v) is 33.9. The Morgan fingerprint density at radius 3 is 1.66 bits per heavy atom. The highest BCUT2D eigenvalue weighted by atomic mass is 31.2. The predicted molar refractivity (Wildman–Crippen MR) is 214 cm³/mol. The lowest BCUT2D eigenvalue weighted by Gasteiger charge is -2.20. The molecule has 0 saturated heterocycles.